The maximum absolute atomic E-state index is 6.14. The van der Waals surface area contributed by atoms with Crippen LogP contribution in [0, 0.1) is 5.41 Å². The van der Waals surface area contributed by atoms with Gasteiger partial charge in [0.25, 0.3) is 0 Å². The molecule has 0 spiro atoms. The van der Waals surface area contributed by atoms with E-state index in [1.165, 1.54) is 25.7 Å². The maximum atomic E-state index is 6.14. The first-order chi connectivity index (χ1) is 8.15. The molecule has 2 rings (SSSR count). The van der Waals surface area contributed by atoms with E-state index in [4.69, 9.17) is 23.2 Å². The first-order valence-corrected chi connectivity index (χ1v) is 7.05. The largest absolute Gasteiger partial charge is 0.312 e. The minimum Gasteiger partial charge on any atom is -0.312 e. The highest BCUT2D eigenvalue weighted by Gasteiger charge is 2.34. The number of halogens is 2. The van der Waals surface area contributed by atoms with Crippen molar-refractivity contribution in [1.29, 1.82) is 0 Å². The van der Waals surface area contributed by atoms with E-state index < -0.39 is 0 Å². The Morgan fingerprint density at radius 3 is 2.59 bits per heavy atom. The van der Waals surface area contributed by atoms with Crippen LogP contribution in [-0.4, -0.2) is 6.54 Å². The highest BCUT2D eigenvalue weighted by atomic mass is 35.5. The van der Waals surface area contributed by atoms with Gasteiger partial charge in [0, 0.05) is 23.1 Å². The van der Waals surface area contributed by atoms with Crippen LogP contribution in [0.1, 0.15) is 38.2 Å². The van der Waals surface area contributed by atoms with Crippen LogP contribution in [0.15, 0.2) is 18.2 Å². The Kier molecular flexibility index (Phi) is 4.35. The average molecular weight is 272 g/mol. The fourth-order valence-corrected chi connectivity index (χ4v) is 2.93. The van der Waals surface area contributed by atoms with E-state index in [0.717, 1.165) is 23.7 Å². The van der Waals surface area contributed by atoms with Crippen LogP contribution in [0.25, 0.3) is 0 Å². The molecule has 1 aromatic rings. The SMILES string of the molecule is CCC1(CNCc2ccc(Cl)cc2Cl)CCC1. The molecule has 1 saturated carbocycles. The Morgan fingerprint density at radius 2 is 2.06 bits per heavy atom. The molecule has 17 heavy (non-hydrogen) atoms. The predicted octanol–water partition coefficient (Wildman–Crippen LogP) is 4.66. The van der Waals surface area contributed by atoms with Crippen LogP contribution in [0.4, 0.5) is 0 Å². The van der Waals surface area contributed by atoms with E-state index in [9.17, 15) is 0 Å². The predicted molar refractivity (Wildman–Crippen MR) is 74.7 cm³/mol. The van der Waals surface area contributed by atoms with Gasteiger partial charge in [-0.15, -0.1) is 0 Å². The summed E-state index contributed by atoms with van der Waals surface area (Å²) in [6, 6.07) is 5.69. The lowest BCUT2D eigenvalue weighted by molar-refractivity contribution is 0.124. The number of hydrogen-bond donors (Lipinski definition) is 1. The van der Waals surface area contributed by atoms with Crippen molar-refractivity contribution < 1.29 is 0 Å². The molecule has 0 bridgehead atoms. The molecular weight excluding hydrogens is 253 g/mol. The second-order valence-corrected chi connectivity index (χ2v) is 5.89. The Morgan fingerprint density at radius 1 is 1.29 bits per heavy atom. The molecule has 1 aromatic carbocycles. The third-order valence-electron chi connectivity index (χ3n) is 3.99. The molecule has 1 aliphatic rings. The van der Waals surface area contributed by atoms with Crippen molar-refractivity contribution in [3.8, 4) is 0 Å². The van der Waals surface area contributed by atoms with E-state index >= 15 is 0 Å². The Labute approximate surface area is 114 Å². The summed E-state index contributed by atoms with van der Waals surface area (Å²) in [6.07, 6.45) is 5.39. The van der Waals surface area contributed by atoms with Gasteiger partial charge in [0.15, 0.2) is 0 Å². The lowest BCUT2D eigenvalue weighted by atomic mass is 9.67. The van der Waals surface area contributed by atoms with Crippen molar-refractivity contribution in [3.63, 3.8) is 0 Å². The van der Waals surface area contributed by atoms with Crippen molar-refractivity contribution in [2.24, 2.45) is 5.41 Å². The molecule has 3 heteroatoms. The first kappa shape index (κ1) is 13.2. The van der Waals surface area contributed by atoms with Gasteiger partial charge in [-0.2, -0.15) is 0 Å². The summed E-state index contributed by atoms with van der Waals surface area (Å²) in [4.78, 5) is 0. The van der Waals surface area contributed by atoms with Crippen LogP contribution < -0.4 is 5.32 Å². The lowest BCUT2D eigenvalue weighted by Gasteiger charge is -2.41. The van der Waals surface area contributed by atoms with Gasteiger partial charge in [0.1, 0.15) is 0 Å². The zero-order valence-electron chi connectivity index (χ0n) is 10.2. The summed E-state index contributed by atoms with van der Waals surface area (Å²) in [5, 5.41) is 4.98. The Balaban J connectivity index is 1.85. The van der Waals surface area contributed by atoms with Gasteiger partial charge in [-0.25, -0.2) is 0 Å². The summed E-state index contributed by atoms with van der Waals surface area (Å²) >= 11 is 12.0. The van der Waals surface area contributed by atoms with Crippen LogP contribution in [0.5, 0.6) is 0 Å². The fourth-order valence-electron chi connectivity index (χ4n) is 2.46. The second kappa shape index (κ2) is 5.60. The molecule has 0 radical (unpaired) electrons. The van der Waals surface area contributed by atoms with E-state index in [2.05, 4.69) is 12.2 Å². The molecule has 94 valence electrons. The van der Waals surface area contributed by atoms with E-state index in [-0.39, 0.29) is 0 Å². The van der Waals surface area contributed by atoms with Crippen molar-refractivity contribution in [2.45, 2.75) is 39.2 Å². The second-order valence-electron chi connectivity index (χ2n) is 5.05. The summed E-state index contributed by atoms with van der Waals surface area (Å²) < 4.78 is 0. The molecule has 0 aliphatic heterocycles. The molecule has 0 aromatic heterocycles. The van der Waals surface area contributed by atoms with Crippen molar-refractivity contribution in [3.05, 3.63) is 33.8 Å². The third-order valence-corrected chi connectivity index (χ3v) is 4.58. The summed E-state index contributed by atoms with van der Waals surface area (Å²) in [6.45, 7) is 4.22. The summed E-state index contributed by atoms with van der Waals surface area (Å²) in [7, 11) is 0. The topological polar surface area (TPSA) is 12.0 Å². The minimum absolute atomic E-state index is 0.554. The van der Waals surface area contributed by atoms with Gasteiger partial charge in [0.2, 0.25) is 0 Å². The molecule has 0 amide bonds. The molecule has 1 N–H and O–H groups in total. The van der Waals surface area contributed by atoms with Crippen LogP contribution in [0.3, 0.4) is 0 Å². The maximum Gasteiger partial charge on any atom is 0.0465 e. The van der Waals surface area contributed by atoms with E-state index in [0.29, 0.717) is 10.4 Å². The molecule has 0 saturated heterocycles. The molecule has 1 nitrogen and oxygen atoms in total. The number of hydrogen-bond acceptors (Lipinski definition) is 1. The molecule has 0 atom stereocenters. The Hall–Kier alpha value is -0.240. The smallest absolute Gasteiger partial charge is 0.0465 e. The minimum atomic E-state index is 0.554. The molecule has 0 unspecified atom stereocenters. The van der Waals surface area contributed by atoms with Gasteiger partial charge in [-0.05, 0) is 42.4 Å². The highest BCUT2D eigenvalue weighted by Crippen LogP contribution is 2.43. The van der Waals surface area contributed by atoms with Crippen LogP contribution in [0.2, 0.25) is 10.0 Å². The molecular formula is C14H19Cl2N. The summed E-state index contributed by atoms with van der Waals surface area (Å²) in [5.74, 6) is 0. The van der Waals surface area contributed by atoms with Crippen LogP contribution >= 0.6 is 23.2 Å². The van der Waals surface area contributed by atoms with E-state index in [1.807, 2.05) is 12.1 Å². The zero-order chi connectivity index (χ0) is 12.3. The molecule has 1 aliphatic carbocycles. The fraction of sp³-hybridized carbons (Fsp3) is 0.571. The van der Waals surface area contributed by atoms with Gasteiger partial charge >= 0.3 is 0 Å². The number of benzene rings is 1. The lowest BCUT2D eigenvalue weighted by Crippen LogP contribution is -2.39. The van der Waals surface area contributed by atoms with Crippen molar-refractivity contribution in [2.75, 3.05) is 6.54 Å². The number of rotatable bonds is 5. The first-order valence-electron chi connectivity index (χ1n) is 6.30. The van der Waals surface area contributed by atoms with Gasteiger partial charge < -0.3 is 5.32 Å². The van der Waals surface area contributed by atoms with Gasteiger partial charge in [-0.3, -0.25) is 0 Å². The molecule has 1 fully saturated rings. The molecule has 0 heterocycles. The van der Waals surface area contributed by atoms with Gasteiger partial charge in [0.05, 0.1) is 0 Å². The van der Waals surface area contributed by atoms with Crippen molar-refractivity contribution >= 4 is 23.2 Å². The normalized spacial score (nSPS) is 17.8. The average Bonchev–Trinajstić information content (AvgIpc) is 2.25. The highest BCUT2D eigenvalue weighted by molar-refractivity contribution is 6.35. The standard InChI is InChI=1S/C14H19Cl2N/c1-2-14(6-3-7-14)10-17-9-11-4-5-12(15)8-13(11)16/h4-5,8,17H,2-3,6-7,9-10H2,1H3. The van der Waals surface area contributed by atoms with Gasteiger partial charge in [-0.1, -0.05) is 42.6 Å². The summed E-state index contributed by atoms with van der Waals surface area (Å²) in [5.41, 5.74) is 1.68. The zero-order valence-corrected chi connectivity index (χ0v) is 11.7. The third kappa shape index (κ3) is 3.15. The van der Waals surface area contributed by atoms with Crippen molar-refractivity contribution in [1.82, 2.24) is 5.32 Å². The number of nitrogens with one attached hydrogen (secondary N) is 1. The Bertz CT molecular complexity index is 380. The van der Waals surface area contributed by atoms with Crippen LogP contribution in [-0.2, 0) is 6.54 Å². The monoisotopic (exact) mass is 271 g/mol. The quantitative estimate of drug-likeness (QED) is 0.821. The van der Waals surface area contributed by atoms with E-state index in [1.54, 1.807) is 6.07 Å².